The summed E-state index contributed by atoms with van der Waals surface area (Å²) in [7, 11) is -1.30. The molecule has 1 aliphatic rings. The summed E-state index contributed by atoms with van der Waals surface area (Å²) in [6.07, 6.45) is 3.97. The van der Waals surface area contributed by atoms with E-state index in [1.165, 1.54) is 12.3 Å². The van der Waals surface area contributed by atoms with Gasteiger partial charge in [0, 0.05) is 12.3 Å². The monoisotopic (exact) mass is 320 g/mol. The number of nitrogens with one attached hydrogen (secondary N) is 1. The standard InChI is InChI=1S/C14H17BN2O6/c18-12-6-9(4-5-16-12)7-13(19)17-11-3-1-2-10(8-14(20)21)23-15(11)22/h1-2,4-6,10-11,22H,3,7-8H2,(H,16,18)(H,17,19)(H,20,21)/t10-,11+/m1/s1. The second-order valence-corrected chi connectivity index (χ2v) is 5.20. The predicted octanol–water partition coefficient (Wildman–Crippen LogP) is -0.346. The Morgan fingerprint density at radius 2 is 2.26 bits per heavy atom. The van der Waals surface area contributed by atoms with Crippen LogP contribution in [-0.4, -0.2) is 51.3 Å². The second kappa shape index (κ2) is 7.75. The number of nitrogens with zero attached hydrogens (tertiary/aromatic N) is 1. The van der Waals surface area contributed by atoms with Crippen LogP contribution in [0.4, 0.5) is 0 Å². The molecule has 4 N–H and O–H groups in total. The van der Waals surface area contributed by atoms with Gasteiger partial charge in [0.1, 0.15) is 0 Å². The summed E-state index contributed by atoms with van der Waals surface area (Å²) in [5.74, 6) is -2.24. The van der Waals surface area contributed by atoms with Crippen molar-refractivity contribution in [1.29, 1.82) is 0 Å². The molecule has 0 saturated heterocycles. The van der Waals surface area contributed by atoms with E-state index in [0.29, 0.717) is 12.0 Å². The Morgan fingerprint density at radius 3 is 2.96 bits per heavy atom. The molecule has 2 atom stereocenters. The largest absolute Gasteiger partial charge is 0.493 e. The first-order valence-electron chi connectivity index (χ1n) is 7.09. The second-order valence-electron chi connectivity index (χ2n) is 5.20. The Balaban J connectivity index is 1.90. The number of hydrogen-bond donors (Lipinski definition) is 4. The number of aromatic nitrogens is 1. The summed E-state index contributed by atoms with van der Waals surface area (Å²) in [6, 6.07) is 2.98. The third-order valence-corrected chi connectivity index (χ3v) is 3.30. The van der Waals surface area contributed by atoms with Crippen LogP contribution in [0.1, 0.15) is 18.4 Å². The molecule has 2 rings (SSSR count). The first-order chi connectivity index (χ1) is 10.9. The van der Waals surface area contributed by atoms with Crippen molar-refractivity contribution in [2.75, 3.05) is 0 Å². The van der Waals surface area contributed by atoms with E-state index in [-0.39, 0.29) is 24.6 Å². The highest BCUT2D eigenvalue weighted by Crippen LogP contribution is 2.13. The predicted molar refractivity (Wildman–Crippen MR) is 80.4 cm³/mol. The topological polar surface area (TPSA) is 129 Å². The summed E-state index contributed by atoms with van der Waals surface area (Å²) in [5, 5.41) is 30.6. The zero-order chi connectivity index (χ0) is 16.8. The molecule has 8 nitrogen and oxygen atoms in total. The Hall–Kier alpha value is -2.39. The van der Waals surface area contributed by atoms with Crippen molar-refractivity contribution in [1.82, 2.24) is 10.3 Å². The number of hydrogen-bond acceptors (Lipinski definition) is 6. The number of amides is 1. The fraction of sp³-hybridized carbons (Fsp3) is 0.357. The van der Waals surface area contributed by atoms with Gasteiger partial charge in [-0.3, -0.25) is 9.59 Å². The van der Waals surface area contributed by atoms with Crippen LogP contribution in [0.15, 0.2) is 30.5 Å². The average Bonchev–Trinajstić information content (AvgIpc) is 2.60. The summed E-state index contributed by atoms with van der Waals surface area (Å²) in [5.41, 5.74) is 0.582. The molecule has 1 aromatic rings. The molecule has 1 aromatic heterocycles. The lowest BCUT2D eigenvalue weighted by molar-refractivity contribution is -0.138. The van der Waals surface area contributed by atoms with Crippen molar-refractivity contribution >= 4 is 19.0 Å². The van der Waals surface area contributed by atoms with Gasteiger partial charge in [0.2, 0.25) is 11.8 Å². The molecule has 0 aromatic carbocycles. The first kappa shape index (κ1) is 17.0. The lowest BCUT2D eigenvalue weighted by Gasteiger charge is -2.20. The number of carbonyl (C=O) groups excluding carboxylic acids is 1. The molecule has 0 spiro atoms. The van der Waals surface area contributed by atoms with E-state index in [9.17, 15) is 19.7 Å². The van der Waals surface area contributed by atoms with Gasteiger partial charge in [0.05, 0.1) is 24.9 Å². The van der Waals surface area contributed by atoms with Crippen LogP contribution in [0.2, 0.25) is 0 Å². The number of carboxylic acids is 1. The molecule has 0 fully saturated rings. The third-order valence-electron chi connectivity index (χ3n) is 3.30. The smallest absolute Gasteiger partial charge is 0.478 e. The van der Waals surface area contributed by atoms with Crippen LogP contribution in [0.3, 0.4) is 0 Å². The van der Waals surface area contributed by atoms with Crippen molar-refractivity contribution in [3.63, 3.8) is 0 Å². The van der Waals surface area contributed by atoms with Gasteiger partial charge in [-0.05, 0) is 18.1 Å². The molecule has 0 aliphatic carbocycles. The average molecular weight is 320 g/mol. The molecule has 9 heteroatoms. The van der Waals surface area contributed by atoms with Gasteiger partial charge in [0.25, 0.3) is 0 Å². The maximum absolute atomic E-state index is 12.0. The van der Waals surface area contributed by atoms with E-state index in [1.54, 1.807) is 18.2 Å². The number of pyridine rings is 1. The highest BCUT2D eigenvalue weighted by molar-refractivity contribution is 6.45. The zero-order valence-corrected chi connectivity index (χ0v) is 12.3. The maximum Gasteiger partial charge on any atom is 0.478 e. The van der Waals surface area contributed by atoms with Gasteiger partial charge in [0.15, 0.2) is 0 Å². The van der Waals surface area contributed by atoms with Crippen molar-refractivity contribution < 1.29 is 29.5 Å². The van der Waals surface area contributed by atoms with E-state index in [2.05, 4.69) is 10.3 Å². The van der Waals surface area contributed by atoms with Gasteiger partial charge < -0.3 is 25.2 Å². The molecule has 0 bridgehead atoms. The highest BCUT2D eigenvalue weighted by atomic mass is 16.5. The Labute approximate surface area is 133 Å². The van der Waals surface area contributed by atoms with Gasteiger partial charge in [-0.25, -0.2) is 4.98 Å². The molecule has 0 saturated carbocycles. The molecule has 23 heavy (non-hydrogen) atoms. The minimum absolute atomic E-state index is 0.0154. The van der Waals surface area contributed by atoms with Crippen molar-refractivity contribution in [3.8, 4) is 5.88 Å². The lowest BCUT2D eigenvalue weighted by Crippen LogP contribution is -2.48. The normalized spacial score (nSPS) is 20.8. The van der Waals surface area contributed by atoms with E-state index < -0.39 is 25.1 Å². The quantitative estimate of drug-likeness (QED) is 0.431. The molecular formula is C14H17BN2O6. The Morgan fingerprint density at radius 1 is 1.48 bits per heavy atom. The fourth-order valence-electron chi connectivity index (χ4n) is 2.24. The number of carbonyl (C=O) groups is 2. The Bertz CT molecular complexity index is 609. The first-order valence-corrected chi connectivity index (χ1v) is 7.09. The molecule has 0 unspecified atom stereocenters. The van der Waals surface area contributed by atoms with Crippen LogP contribution in [-0.2, 0) is 20.7 Å². The summed E-state index contributed by atoms with van der Waals surface area (Å²) in [4.78, 5) is 26.3. The number of aromatic hydroxyl groups is 1. The Kier molecular flexibility index (Phi) is 5.72. The molecular weight excluding hydrogens is 303 g/mol. The van der Waals surface area contributed by atoms with E-state index in [1.807, 2.05) is 0 Å². The number of aliphatic carboxylic acids is 1. The van der Waals surface area contributed by atoms with Crippen molar-refractivity contribution in [3.05, 3.63) is 36.0 Å². The number of carboxylic acid groups (broad SMARTS) is 1. The van der Waals surface area contributed by atoms with Crippen molar-refractivity contribution in [2.45, 2.75) is 31.3 Å². The van der Waals surface area contributed by atoms with Gasteiger partial charge in [-0.1, -0.05) is 12.2 Å². The minimum Gasteiger partial charge on any atom is -0.493 e. The van der Waals surface area contributed by atoms with E-state index >= 15 is 0 Å². The maximum atomic E-state index is 12.0. The summed E-state index contributed by atoms with van der Waals surface area (Å²) >= 11 is 0. The van der Waals surface area contributed by atoms with Crippen LogP contribution in [0.5, 0.6) is 5.88 Å². The molecule has 122 valence electrons. The van der Waals surface area contributed by atoms with Gasteiger partial charge in [-0.15, -0.1) is 0 Å². The van der Waals surface area contributed by atoms with E-state index in [4.69, 9.17) is 9.76 Å². The van der Waals surface area contributed by atoms with Crippen LogP contribution in [0.25, 0.3) is 0 Å². The molecule has 1 amide bonds. The molecule has 1 aliphatic heterocycles. The molecule has 2 heterocycles. The lowest BCUT2D eigenvalue weighted by atomic mass is 9.77. The summed E-state index contributed by atoms with van der Waals surface area (Å²) in [6.45, 7) is 0. The van der Waals surface area contributed by atoms with E-state index in [0.717, 1.165) is 0 Å². The van der Waals surface area contributed by atoms with Crippen LogP contribution in [0, 0.1) is 0 Å². The van der Waals surface area contributed by atoms with Gasteiger partial charge >= 0.3 is 13.1 Å². The highest BCUT2D eigenvalue weighted by Gasteiger charge is 2.32. The zero-order valence-electron chi connectivity index (χ0n) is 12.3. The van der Waals surface area contributed by atoms with Crippen LogP contribution >= 0.6 is 0 Å². The fourth-order valence-corrected chi connectivity index (χ4v) is 2.24. The summed E-state index contributed by atoms with van der Waals surface area (Å²) < 4.78 is 5.23. The van der Waals surface area contributed by atoms with Crippen LogP contribution < -0.4 is 5.32 Å². The molecule has 0 radical (unpaired) electrons. The minimum atomic E-state index is -1.30. The SMILES string of the molecule is O=C(O)C[C@H]1C=CC[C@H](NC(=O)Cc2ccnc(O)c2)B(O)O1. The van der Waals surface area contributed by atoms with Gasteiger partial charge in [-0.2, -0.15) is 0 Å². The van der Waals surface area contributed by atoms with Crippen molar-refractivity contribution in [2.24, 2.45) is 0 Å². The number of rotatable bonds is 5. The third kappa shape index (κ3) is 5.39.